The molecule has 0 unspecified atom stereocenters. The standard InChI is InChI=1S/C41H57FN8O4S/c1-8-10-13-27(3)49(6)39(45)50-26-29(17-21-37(50)44)54-34-20-19-33(30-14-11-12-15-31(30)34)47-40(51)48-38(25-36(43)41(4,5)9-2)46-28-16-18-32(42)35(24-28)52-22-23-53-55-7/h11-12,14-18,21,24-27,33-34,43-46H,8-10,13,19-20,22-23H2,1-7H3,(H2,47,48,51)/b38-25+,43-36?,44-37?,45-39?/t27-,33-,34+/m0/s1. The largest absolute Gasteiger partial charge is 0.488 e. The molecule has 0 fully saturated rings. The number of allylic oxidation sites excluding steroid dienone is 1. The molecular weight excluding hydrogens is 720 g/mol. The molecule has 1 aliphatic carbocycles. The van der Waals surface area contributed by atoms with E-state index in [1.54, 1.807) is 30.7 Å². The van der Waals surface area contributed by atoms with Crippen LogP contribution < -0.4 is 30.9 Å². The minimum atomic E-state index is -0.531. The molecule has 0 radical (unpaired) electrons. The summed E-state index contributed by atoms with van der Waals surface area (Å²) in [5.74, 6) is 0.502. The third kappa shape index (κ3) is 11.8. The van der Waals surface area contributed by atoms with Crippen LogP contribution in [0, 0.1) is 27.5 Å². The number of unbranched alkanes of at least 4 members (excludes halogenated alkanes) is 1. The Hall–Kier alpha value is -4.82. The highest BCUT2D eigenvalue weighted by atomic mass is 32.2. The van der Waals surface area contributed by atoms with Crippen molar-refractivity contribution in [2.45, 2.75) is 91.3 Å². The average Bonchev–Trinajstić information content (AvgIpc) is 3.17. The predicted molar refractivity (Wildman–Crippen MR) is 218 cm³/mol. The van der Waals surface area contributed by atoms with E-state index < -0.39 is 17.3 Å². The van der Waals surface area contributed by atoms with Gasteiger partial charge in [-0.3, -0.25) is 20.7 Å². The maximum absolute atomic E-state index is 14.6. The first-order chi connectivity index (χ1) is 26.3. The van der Waals surface area contributed by atoms with Gasteiger partial charge >= 0.3 is 6.03 Å². The monoisotopic (exact) mass is 776 g/mol. The Morgan fingerprint density at radius 2 is 1.85 bits per heavy atom. The Morgan fingerprint density at radius 1 is 1.11 bits per heavy atom. The molecule has 298 valence electrons. The zero-order valence-electron chi connectivity index (χ0n) is 33.1. The highest BCUT2D eigenvalue weighted by Crippen LogP contribution is 2.38. The van der Waals surface area contributed by atoms with Crippen molar-refractivity contribution in [3.63, 3.8) is 0 Å². The quantitative estimate of drug-likeness (QED) is 0.0326. The van der Waals surface area contributed by atoms with Crippen molar-refractivity contribution in [3.05, 3.63) is 95.1 Å². The highest BCUT2D eigenvalue weighted by molar-refractivity contribution is 7.93. The second kappa shape index (κ2) is 20.2. The van der Waals surface area contributed by atoms with E-state index in [0.717, 1.165) is 30.4 Å². The van der Waals surface area contributed by atoms with Crippen LogP contribution in [0.4, 0.5) is 14.9 Å². The molecule has 6 N–H and O–H groups in total. The zero-order valence-corrected chi connectivity index (χ0v) is 33.9. The molecule has 0 spiro atoms. The van der Waals surface area contributed by atoms with Crippen molar-refractivity contribution in [2.24, 2.45) is 5.41 Å². The van der Waals surface area contributed by atoms with Crippen LogP contribution in [0.25, 0.3) is 0 Å². The molecule has 55 heavy (non-hydrogen) atoms. The number of nitrogens with zero attached hydrogens (tertiary/aromatic N) is 2. The van der Waals surface area contributed by atoms with Crippen molar-refractivity contribution in [2.75, 3.05) is 31.8 Å². The molecule has 1 heterocycles. The van der Waals surface area contributed by atoms with Gasteiger partial charge in [0, 0.05) is 48.3 Å². The summed E-state index contributed by atoms with van der Waals surface area (Å²) in [5, 5.41) is 35.3. The van der Waals surface area contributed by atoms with Crippen LogP contribution in [0.3, 0.4) is 0 Å². The number of carbonyl (C=O) groups excluding carboxylic acids is 1. The van der Waals surface area contributed by atoms with Gasteiger partial charge in [-0.1, -0.05) is 64.8 Å². The first-order valence-electron chi connectivity index (χ1n) is 18.9. The third-order valence-corrected chi connectivity index (χ3v) is 10.4. The topological polar surface area (TPSA) is 161 Å². The van der Waals surface area contributed by atoms with E-state index in [4.69, 9.17) is 29.9 Å². The van der Waals surface area contributed by atoms with Gasteiger partial charge in [-0.05, 0) is 80.0 Å². The summed E-state index contributed by atoms with van der Waals surface area (Å²) in [6.45, 7) is 10.6. The van der Waals surface area contributed by atoms with Gasteiger partial charge in [0.05, 0.1) is 18.8 Å². The second-order valence-corrected chi connectivity index (χ2v) is 14.9. The van der Waals surface area contributed by atoms with Gasteiger partial charge in [-0.25, -0.2) is 9.18 Å². The van der Waals surface area contributed by atoms with Crippen molar-refractivity contribution in [3.8, 4) is 11.5 Å². The van der Waals surface area contributed by atoms with Gasteiger partial charge in [0.15, 0.2) is 11.6 Å². The Balaban J connectivity index is 1.50. The van der Waals surface area contributed by atoms with Crippen LogP contribution in [-0.2, 0) is 4.18 Å². The van der Waals surface area contributed by atoms with Crippen molar-refractivity contribution >= 4 is 35.4 Å². The summed E-state index contributed by atoms with van der Waals surface area (Å²) in [6, 6.07) is 14.9. The summed E-state index contributed by atoms with van der Waals surface area (Å²) < 4.78 is 33.4. The summed E-state index contributed by atoms with van der Waals surface area (Å²) >= 11 is 1.20. The number of ether oxygens (including phenoxy) is 2. The van der Waals surface area contributed by atoms with E-state index in [1.165, 1.54) is 34.8 Å². The van der Waals surface area contributed by atoms with Gasteiger partial charge in [0.25, 0.3) is 0 Å². The van der Waals surface area contributed by atoms with Crippen LogP contribution in [-0.4, -0.2) is 59.7 Å². The molecule has 4 rings (SSSR count). The molecule has 0 bridgehead atoms. The van der Waals surface area contributed by atoms with Gasteiger partial charge in [0.1, 0.15) is 29.8 Å². The van der Waals surface area contributed by atoms with Crippen LogP contribution in [0.5, 0.6) is 11.5 Å². The average molecular weight is 777 g/mol. The number of halogens is 1. The van der Waals surface area contributed by atoms with E-state index in [2.05, 4.69) is 29.8 Å². The smallest absolute Gasteiger partial charge is 0.320 e. The lowest BCUT2D eigenvalue weighted by Crippen LogP contribution is -2.42. The Labute approximate surface area is 329 Å². The van der Waals surface area contributed by atoms with E-state index in [9.17, 15) is 9.18 Å². The summed E-state index contributed by atoms with van der Waals surface area (Å²) in [5.41, 5.74) is 2.35. The van der Waals surface area contributed by atoms with E-state index in [-0.39, 0.29) is 54.4 Å². The maximum Gasteiger partial charge on any atom is 0.320 e. The van der Waals surface area contributed by atoms with Gasteiger partial charge in [-0.15, -0.1) is 0 Å². The molecule has 14 heteroatoms. The summed E-state index contributed by atoms with van der Waals surface area (Å²) in [6.07, 6.45) is 9.76. The fourth-order valence-electron chi connectivity index (χ4n) is 6.05. The van der Waals surface area contributed by atoms with Crippen LogP contribution in [0.1, 0.15) is 96.4 Å². The molecule has 2 amide bonds. The molecule has 2 aromatic carbocycles. The fourth-order valence-corrected chi connectivity index (χ4v) is 6.29. The lowest BCUT2D eigenvalue weighted by Gasteiger charge is -2.33. The number of aromatic nitrogens is 1. The lowest BCUT2D eigenvalue weighted by molar-refractivity contribution is 0.170. The Morgan fingerprint density at radius 3 is 2.56 bits per heavy atom. The SMILES string of the molecule is CCCC[C@H](C)N(C)C(=N)n1cc(O[C@@H]2CC[C@H](NC(=O)N/C(=C/C(=N)C(C)(C)CC)Nc3ccc(F)c(OCCOSC)c3)c3ccccc32)ccc1=N. The normalized spacial score (nSPS) is 16.0. The molecule has 0 saturated carbocycles. The first kappa shape index (κ1) is 42.9. The lowest BCUT2D eigenvalue weighted by atomic mass is 9.84. The van der Waals surface area contributed by atoms with E-state index in [0.29, 0.717) is 36.4 Å². The van der Waals surface area contributed by atoms with E-state index in [1.807, 2.05) is 57.0 Å². The zero-order chi connectivity index (χ0) is 40.1. The number of urea groups is 1. The van der Waals surface area contributed by atoms with Gasteiger partial charge in [0.2, 0.25) is 5.96 Å². The molecule has 0 saturated heterocycles. The maximum atomic E-state index is 14.6. The number of hydrogen-bond donors (Lipinski definition) is 6. The minimum Gasteiger partial charge on any atom is -0.488 e. The van der Waals surface area contributed by atoms with E-state index >= 15 is 0 Å². The van der Waals surface area contributed by atoms with Crippen molar-refractivity contribution in [1.82, 2.24) is 20.1 Å². The number of amides is 2. The van der Waals surface area contributed by atoms with Crippen molar-refractivity contribution in [1.29, 1.82) is 16.2 Å². The van der Waals surface area contributed by atoms with Crippen LogP contribution in [0.15, 0.2) is 72.7 Å². The molecule has 3 aromatic rings. The summed E-state index contributed by atoms with van der Waals surface area (Å²) in [7, 11) is 1.88. The molecule has 12 nitrogen and oxygen atoms in total. The Bertz CT molecular complexity index is 1880. The number of rotatable bonds is 18. The number of fused-ring (bicyclic) bond motifs is 1. The molecular formula is C41H57FN8O4S. The number of hydrogen-bond acceptors (Lipinski definition) is 9. The Kier molecular flexibility index (Phi) is 15.8. The third-order valence-electron chi connectivity index (χ3n) is 10.0. The second-order valence-electron chi connectivity index (χ2n) is 14.3. The summed E-state index contributed by atoms with van der Waals surface area (Å²) in [4.78, 5) is 15.5. The molecule has 1 aliphatic rings. The number of anilines is 1. The number of carbonyl (C=O) groups is 1. The number of pyridine rings is 1. The molecule has 1 aromatic heterocycles. The minimum absolute atomic E-state index is 0.0334. The number of benzene rings is 2. The number of nitrogens with one attached hydrogen (secondary N) is 6. The molecule has 3 atom stereocenters. The van der Waals surface area contributed by atoms with Crippen LogP contribution in [0.2, 0.25) is 0 Å². The highest BCUT2D eigenvalue weighted by Gasteiger charge is 2.30. The fraction of sp³-hybridized carbons (Fsp3) is 0.463. The molecule has 0 aliphatic heterocycles. The van der Waals surface area contributed by atoms with Gasteiger partial charge in [-0.2, -0.15) is 0 Å². The first-order valence-corrected chi connectivity index (χ1v) is 20.0. The van der Waals surface area contributed by atoms with Crippen molar-refractivity contribution < 1.29 is 22.8 Å². The van der Waals surface area contributed by atoms with Crippen LogP contribution >= 0.6 is 12.0 Å². The van der Waals surface area contributed by atoms with Gasteiger partial charge < -0.3 is 34.6 Å². The predicted octanol–water partition coefficient (Wildman–Crippen LogP) is 8.74.